The number of rotatable bonds is 2. The molecule has 2 nitrogen and oxygen atoms in total. The summed E-state index contributed by atoms with van der Waals surface area (Å²) < 4.78 is 19.2. The highest BCUT2D eigenvalue weighted by atomic mass is 35.5. The number of carbonyl (C=O) groups excluding carboxylic acids is 1. The quantitative estimate of drug-likeness (QED) is 0.634. The Morgan fingerprint density at radius 3 is 2.68 bits per heavy atom. The molecule has 94 valence electrons. The minimum Gasteiger partial charge on any atom is -0.455 e. The molecule has 0 unspecified atom stereocenters. The predicted molar refractivity (Wildman–Crippen MR) is 72.0 cm³/mol. The first-order chi connectivity index (χ1) is 9.19. The van der Waals surface area contributed by atoms with Crippen molar-refractivity contribution < 1.29 is 13.6 Å². The lowest BCUT2D eigenvalue weighted by atomic mass is 10.1. The molecule has 0 radical (unpaired) electrons. The van der Waals surface area contributed by atoms with Crippen LogP contribution < -0.4 is 0 Å². The third-order valence-corrected chi connectivity index (χ3v) is 3.21. The van der Waals surface area contributed by atoms with Crippen molar-refractivity contribution in [2.75, 3.05) is 0 Å². The van der Waals surface area contributed by atoms with Crippen LogP contribution in [0.3, 0.4) is 0 Å². The first kappa shape index (κ1) is 11.9. The number of hydrogen-bond donors (Lipinski definition) is 0. The fourth-order valence-corrected chi connectivity index (χ4v) is 2.17. The number of furan rings is 1. The Hall–Kier alpha value is -2.13. The third-order valence-electron chi connectivity index (χ3n) is 2.91. The Balaban J connectivity index is 2.16. The topological polar surface area (TPSA) is 30.2 Å². The number of carbonyl (C=O) groups is 1. The van der Waals surface area contributed by atoms with Crippen molar-refractivity contribution in [2.45, 2.75) is 0 Å². The summed E-state index contributed by atoms with van der Waals surface area (Å²) in [5, 5.41) is 1.36. The van der Waals surface area contributed by atoms with Crippen LogP contribution in [-0.2, 0) is 0 Å². The second-order valence-corrected chi connectivity index (χ2v) is 4.53. The zero-order valence-electron chi connectivity index (χ0n) is 9.69. The normalized spacial score (nSPS) is 10.8. The van der Waals surface area contributed by atoms with Gasteiger partial charge in [-0.2, -0.15) is 0 Å². The smallest absolute Gasteiger partial charge is 0.153 e. The third kappa shape index (κ3) is 2.02. The molecule has 3 aromatic rings. The summed E-state index contributed by atoms with van der Waals surface area (Å²) in [5.74, 6) is -0.0569. The number of aldehydes is 1. The van der Waals surface area contributed by atoms with Gasteiger partial charge in [0, 0.05) is 10.9 Å². The maximum Gasteiger partial charge on any atom is 0.153 e. The van der Waals surface area contributed by atoms with Gasteiger partial charge in [-0.05, 0) is 24.3 Å². The lowest BCUT2D eigenvalue weighted by Crippen LogP contribution is -1.87. The van der Waals surface area contributed by atoms with Crippen LogP contribution in [0.4, 0.5) is 4.39 Å². The maximum absolute atomic E-state index is 13.6. The SMILES string of the molecule is O=Cc1ccc(-c2cc3cccc(Cl)c3o2)cc1F. The molecule has 4 heteroatoms. The van der Waals surface area contributed by atoms with Gasteiger partial charge < -0.3 is 4.42 Å². The molecule has 1 heterocycles. The molecule has 0 fully saturated rings. The maximum atomic E-state index is 13.6. The summed E-state index contributed by atoms with van der Waals surface area (Å²) in [4.78, 5) is 10.6. The minimum absolute atomic E-state index is 0.0258. The van der Waals surface area contributed by atoms with Crippen LogP contribution in [0.25, 0.3) is 22.3 Å². The average molecular weight is 275 g/mol. The van der Waals surface area contributed by atoms with Gasteiger partial charge in [-0.1, -0.05) is 29.8 Å². The molecule has 0 saturated carbocycles. The first-order valence-electron chi connectivity index (χ1n) is 5.62. The summed E-state index contributed by atoms with van der Waals surface area (Å²) in [6.45, 7) is 0. The van der Waals surface area contributed by atoms with Crippen molar-refractivity contribution in [1.29, 1.82) is 0 Å². The number of hydrogen-bond acceptors (Lipinski definition) is 2. The van der Waals surface area contributed by atoms with Gasteiger partial charge in [0.2, 0.25) is 0 Å². The van der Waals surface area contributed by atoms with Crippen LogP contribution in [0, 0.1) is 5.82 Å². The fourth-order valence-electron chi connectivity index (χ4n) is 1.95. The predicted octanol–water partition coefficient (Wildman–Crippen LogP) is 4.70. The molecular weight excluding hydrogens is 267 g/mol. The van der Waals surface area contributed by atoms with E-state index < -0.39 is 5.82 Å². The van der Waals surface area contributed by atoms with Gasteiger partial charge in [0.15, 0.2) is 11.9 Å². The highest BCUT2D eigenvalue weighted by molar-refractivity contribution is 6.34. The monoisotopic (exact) mass is 274 g/mol. The van der Waals surface area contributed by atoms with E-state index in [0.717, 1.165) is 5.39 Å². The van der Waals surface area contributed by atoms with Crippen LogP contribution >= 0.6 is 11.6 Å². The minimum atomic E-state index is -0.570. The van der Waals surface area contributed by atoms with Crippen LogP contribution in [0.2, 0.25) is 5.02 Å². The van der Waals surface area contributed by atoms with Crippen molar-refractivity contribution in [2.24, 2.45) is 0 Å². The van der Waals surface area contributed by atoms with E-state index in [0.29, 0.717) is 28.2 Å². The molecule has 0 amide bonds. The average Bonchev–Trinajstić information content (AvgIpc) is 2.84. The molecule has 0 aliphatic heterocycles. The standard InChI is InChI=1S/C15H8ClFO2/c16-12-3-1-2-10-7-14(19-15(10)12)9-4-5-11(8-18)13(17)6-9/h1-8H. The molecule has 0 aliphatic rings. The number of benzene rings is 2. The van der Waals surface area contributed by atoms with Crippen molar-refractivity contribution in [3.05, 3.63) is 58.9 Å². The second-order valence-electron chi connectivity index (χ2n) is 4.12. The van der Waals surface area contributed by atoms with E-state index in [4.69, 9.17) is 16.0 Å². The van der Waals surface area contributed by atoms with Crippen molar-refractivity contribution in [3.63, 3.8) is 0 Å². The Morgan fingerprint density at radius 2 is 2.00 bits per heavy atom. The Morgan fingerprint density at radius 1 is 1.16 bits per heavy atom. The van der Waals surface area contributed by atoms with Gasteiger partial charge in [-0.15, -0.1) is 0 Å². The van der Waals surface area contributed by atoms with E-state index >= 15 is 0 Å². The van der Waals surface area contributed by atoms with Crippen molar-refractivity contribution >= 4 is 28.9 Å². The van der Waals surface area contributed by atoms with Crippen LogP contribution in [-0.4, -0.2) is 6.29 Å². The second kappa shape index (κ2) is 4.52. The highest BCUT2D eigenvalue weighted by Crippen LogP contribution is 2.32. The van der Waals surface area contributed by atoms with Gasteiger partial charge in [0.05, 0.1) is 10.6 Å². The molecule has 0 saturated heterocycles. The number of halogens is 2. The highest BCUT2D eigenvalue weighted by Gasteiger charge is 2.10. The lowest BCUT2D eigenvalue weighted by molar-refractivity contribution is 0.112. The van der Waals surface area contributed by atoms with E-state index in [1.54, 1.807) is 18.2 Å². The van der Waals surface area contributed by atoms with Crippen LogP contribution in [0.15, 0.2) is 46.9 Å². The molecule has 0 spiro atoms. The number of fused-ring (bicyclic) bond motifs is 1. The molecule has 2 aromatic carbocycles. The van der Waals surface area contributed by atoms with Gasteiger partial charge in [-0.3, -0.25) is 4.79 Å². The van der Waals surface area contributed by atoms with Gasteiger partial charge >= 0.3 is 0 Å². The van der Waals surface area contributed by atoms with E-state index in [-0.39, 0.29) is 5.56 Å². The van der Waals surface area contributed by atoms with E-state index in [9.17, 15) is 9.18 Å². The molecule has 1 aromatic heterocycles. The summed E-state index contributed by atoms with van der Waals surface area (Å²) >= 11 is 6.02. The molecule has 19 heavy (non-hydrogen) atoms. The van der Waals surface area contributed by atoms with Crippen LogP contribution in [0.1, 0.15) is 10.4 Å². The molecule has 0 atom stereocenters. The van der Waals surface area contributed by atoms with Gasteiger partial charge in [0.1, 0.15) is 11.6 Å². The number of para-hydroxylation sites is 1. The van der Waals surface area contributed by atoms with E-state index in [1.165, 1.54) is 12.1 Å². The molecule has 0 aliphatic carbocycles. The molecule has 0 bridgehead atoms. The van der Waals surface area contributed by atoms with Crippen molar-refractivity contribution in [1.82, 2.24) is 0 Å². The zero-order valence-corrected chi connectivity index (χ0v) is 10.4. The summed E-state index contributed by atoms with van der Waals surface area (Å²) in [6, 6.07) is 11.5. The fraction of sp³-hybridized carbons (Fsp3) is 0. The Bertz CT molecular complexity index is 777. The molecule has 0 N–H and O–H groups in total. The lowest BCUT2D eigenvalue weighted by Gasteiger charge is -1.98. The first-order valence-corrected chi connectivity index (χ1v) is 6.00. The van der Waals surface area contributed by atoms with Gasteiger partial charge in [-0.25, -0.2) is 4.39 Å². The van der Waals surface area contributed by atoms with Crippen LogP contribution in [0.5, 0.6) is 0 Å². The van der Waals surface area contributed by atoms with Gasteiger partial charge in [0.25, 0.3) is 0 Å². The summed E-state index contributed by atoms with van der Waals surface area (Å²) in [6.07, 6.45) is 0.481. The van der Waals surface area contributed by atoms with E-state index in [1.807, 2.05) is 12.1 Å². The molecule has 3 rings (SSSR count). The summed E-state index contributed by atoms with van der Waals surface area (Å²) in [7, 11) is 0. The summed E-state index contributed by atoms with van der Waals surface area (Å²) in [5.41, 5.74) is 1.16. The van der Waals surface area contributed by atoms with Crippen molar-refractivity contribution in [3.8, 4) is 11.3 Å². The van der Waals surface area contributed by atoms with E-state index in [2.05, 4.69) is 0 Å². The largest absolute Gasteiger partial charge is 0.455 e. The Labute approximate surface area is 113 Å². The zero-order chi connectivity index (χ0) is 13.4. The Kier molecular flexibility index (Phi) is 2.84. The molecular formula is C15H8ClFO2.